The molecular weight excluding hydrogens is 569 g/mol. The summed E-state index contributed by atoms with van der Waals surface area (Å²) < 4.78 is 13.8. The molecule has 0 bridgehead atoms. The van der Waals surface area contributed by atoms with Crippen molar-refractivity contribution in [3.8, 4) is 11.8 Å². The first kappa shape index (κ1) is 37.6. The molecule has 0 aromatic carbocycles. The maximum atomic E-state index is 6.94. The molecule has 0 unspecified atom stereocenters. The van der Waals surface area contributed by atoms with Gasteiger partial charge in [-0.05, 0) is 124 Å². The zero-order valence-electron chi connectivity index (χ0n) is 31.4. The van der Waals surface area contributed by atoms with E-state index in [4.69, 9.17) is 8.85 Å². The van der Waals surface area contributed by atoms with Crippen LogP contribution in [0.4, 0.5) is 0 Å². The number of fused-ring (bicyclic) bond motifs is 1. The summed E-state index contributed by atoms with van der Waals surface area (Å²) in [5.41, 5.74) is 5.71. The molecule has 0 radical (unpaired) electrons. The first-order valence-electron chi connectivity index (χ1n) is 18.3. The second-order valence-electron chi connectivity index (χ2n) is 17.3. The molecule has 0 saturated heterocycles. The predicted molar refractivity (Wildman–Crippen MR) is 198 cm³/mol. The van der Waals surface area contributed by atoms with Gasteiger partial charge < -0.3 is 8.85 Å². The highest BCUT2D eigenvalue weighted by Gasteiger charge is 2.50. The van der Waals surface area contributed by atoms with Crippen molar-refractivity contribution < 1.29 is 8.85 Å². The first-order valence-corrected chi connectivity index (χ1v) is 23.7. The average molecular weight is 639 g/mol. The second kappa shape index (κ2) is 14.5. The van der Waals surface area contributed by atoms with E-state index in [0.29, 0.717) is 11.3 Å². The van der Waals surface area contributed by atoms with Gasteiger partial charge >= 0.3 is 0 Å². The van der Waals surface area contributed by atoms with E-state index in [0.717, 1.165) is 24.7 Å². The van der Waals surface area contributed by atoms with Crippen LogP contribution in [0.25, 0.3) is 0 Å². The van der Waals surface area contributed by atoms with E-state index in [1.54, 1.807) is 0 Å². The Hall–Kier alpha value is -0.866. The Morgan fingerprint density at radius 3 is 2.27 bits per heavy atom. The van der Waals surface area contributed by atoms with Gasteiger partial charge in [0, 0.05) is 17.6 Å². The Morgan fingerprint density at radius 1 is 1.05 bits per heavy atom. The van der Waals surface area contributed by atoms with E-state index in [9.17, 15) is 0 Å². The molecule has 0 amide bonds. The molecule has 0 aromatic rings. The molecule has 250 valence electrons. The fourth-order valence-corrected chi connectivity index (χ4v) is 13.1. The van der Waals surface area contributed by atoms with E-state index in [2.05, 4.69) is 114 Å². The van der Waals surface area contributed by atoms with E-state index in [1.807, 2.05) is 0 Å². The van der Waals surface area contributed by atoms with Gasteiger partial charge in [-0.3, -0.25) is 0 Å². The van der Waals surface area contributed by atoms with Gasteiger partial charge in [-0.15, -0.1) is 0 Å². The van der Waals surface area contributed by atoms with Crippen LogP contribution in [-0.2, 0) is 8.85 Å². The van der Waals surface area contributed by atoms with Crippen LogP contribution in [0.1, 0.15) is 134 Å². The molecule has 2 nitrogen and oxygen atoms in total. The minimum Gasteiger partial charge on any atom is -0.412 e. The molecule has 0 spiro atoms. The SMILES string of the molecule is C=C1CC(C)=C(C#CC2=CCC[C@]3(C)[C@@H]([C@@H](C)CCCC(C)(C)O[Si](CC)(CC)CC)CC[C@@H]23)C[C@H]1O[Si](C)(C)C(C)(C)C. The third kappa shape index (κ3) is 8.53. The average Bonchev–Trinajstić information content (AvgIpc) is 3.29. The van der Waals surface area contributed by atoms with E-state index in [-0.39, 0.29) is 16.7 Å². The third-order valence-corrected chi connectivity index (χ3v) is 22.2. The van der Waals surface area contributed by atoms with Gasteiger partial charge in [-0.25, -0.2) is 0 Å². The molecular formula is C40H70O2Si2. The van der Waals surface area contributed by atoms with E-state index in [1.165, 1.54) is 85.4 Å². The van der Waals surface area contributed by atoms with Crippen LogP contribution in [-0.4, -0.2) is 28.3 Å². The Balaban J connectivity index is 1.66. The van der Waals surface area contributed by atoms with Gasteiger partial charge in [0.1, 0.15) is 0 Å². The monoisotopic (exact) mass is 638 g/mol. The lowest BCUT2D eigenvalue weighted by molar-refractivity contribution is 0.0736. The van der Waals surface area contributed by atoms with Gasteiger partial charge in [-0.1, -0.05) is 98.3 Å². The first-order chi connectivity index (χ1) is 20.3. The van der Waals surface area contributed by atoms with Gasteiger partial charge in [0.15, 0.2) is 16.6 Å². The zero-order valence-corrected chi connectivity index (χ0v) is 33.4. The lowest BCUT2D eigenvalue weighted by Gasteiger charge is -2.43. The Kier molecular flexibility index (Phi) is 12.4. The fourth-order valence-electron chi connectivity index (χ4n) is 8.57. The minimum absolute atomic E-state index is 0.000545. The molecule has 0 aliphatic heterocycles. The van der Waals surface area contributed by atoms with Gasteiger partial charge in [0.25, 0.3) is 0 Å². The highest BCUT2D eigenvalue weighted by molar-refractivity contribution is 6.74. The Morgan fingerprint density at radius 2 is 1.68 bits per heavy atom. The predicted octanol–water partition coefficient (Wildman–Crippen LogP) is 12.4. The number of hydrogen-bond acceptors (Lipinski definition) is 2. The lowest BCUT2D eigenvalue weighted by Crippen LogP contribution is -2.44. The summed E-state index contributed by atoms with van der Waals surface area (Å²) in [6.45, 7) is 35.3. The van der Waals surface area contributed by atoms with Crippen molar-refractivity contribution in [3.05, 3.63) is 34.9 Å². The maximum Gasteiger partial charge on any atom is 0.192 e. The van der Waals surface area contributed by atoms with Crippen molar-refractivity contribution in [2.24, 2.45) is 23.2 Å². The van der Waals surface area contributed by atoms with Crippen molar-refractivity contribution in [3.63, 3.8) is 0 Å². The van der Waals surface area contributed by atoms with Crippen LogP contribution in [0.5, 0.6) is 0 Å². The normalized spacial score (nSPS) is 27.5. The summed E-state index contributed by atoms with van der Waals surface area (Å²) in [6.07, 6.45) is 13.3. The molecule has 1 fully saturated rings. The van der Waals surface area contributed by atoms with E-state index < -0.39 is 16.6 Å². The molecule has 3 rings (SSSR count). The second-order valence-corrected chi connectivity index (χ2v) is 26.8. The smallest absolute Gasteiger partial charge is 0.192 e. The molecule has 3 aliphatic rings. The summed E-state index contributed by atoms with van der Waals surface area (Å²) >= 11 is 0. The molecule has 5 atom stereocenters. The van der Waals surface area contributed by atoms with Crippen LogP contribution in [0.3, 0.4) is 0 Å². The van der Waals surface area contributed by atoms with Gasteiger partial charge in [0.05, 0.1) is 11.7 Å². The van der Waals surface area contributed by atoms with Gasteiger partial charge in [0.2, 0.25) is 0 Å². The van der Waals surface area contributed by atoms with Crippen molar-refractivity contribution >= 4 is 16.6 Å². The van der Waals surface area contributed by atoms with Crippen molar-refractivity contribution in [2.45, 2.75) is 182 Å². The number of hydrogen-bond donors (Lipinski definition) is 0. The molecule has 3 aliphatic carbocycles. The van der Waals surface area contributed by atoms with Crippen molar-refractivity contribution in [2.75, 3.05) is 0 Å². The summed E-state index contributed by atoms with van der Waals surface area (Å²) in [7, 11) is -3.45. The quantitative estimate of drug-likeness (QED) is 0.120. The molecule has 0 N–H and O–H groups in total. The Bertz CT molecular complexity index is 1130. The van der Waals surface area contributed by atoms with Crippen molar-refractivity contribution in [1.82, 2.24) is 0 Å². The van der Waals surface area contributed by atoms with Crippen LogP contribution in [0.2, 0.25) is 36.3 Å². The zero-order chi connectivity index (χ0) is 33.1. The van der Waals surface area contributed by atoms with E-state index >= 15 is 0 Å². The number of allylic oxidation sites excluding steroid dienone is 3. The van der Waals surface area contributed by atoms with Crippen LogP contribution < -0.4 is 0 Å². The molecule has 1 saturated carbocycles. The summed E-state index contributed by atoms with van der Waals surface area (Å²) in [5, 5.41) is 0.194. The van der Waals surface area contributed by atoms with Crippen molar-refractivity contribution in [1.29, 1.82) is 0 Å². The molecule has 4 heteroatoms. The summed E-state index contributed by atoms with van der Waals surface area (Å²) in [4.78, 5) is 0. The fraction of sp³-hybridized carbons (Fsp3) is 0.800. The van der Waals surface area contributed by atoms with Crippen LogP contribution in [0.15, 0.2) is 34.9 Å². The molecule has 0 aromatic heterocycles. The van der Waals surface area contributed by atoms with Crippen LogP contribution in [0, 0.1) is 35.0 Å². The highest BCUT2D eigenvalue weighted by atomic mass is 28.4. The summed E-state index contributed by atoms with van der Waals surface area (Å²) in [5.74, 6) is 9.65. The maximum absolute atomic E-state index is 6.94. The third-order valence-electron chi connectivity index (χ3n) is 12.8. The van der Waals surface area contributed by atoms with Gasteiger partial charge in [-0.2, -0.15) is 0 Å². The summed E-state index contributed by atoms with van der Waals surface area (Å²) in [6, 6.07) is 3.70. The number of rotatable bonds is 12. The largest absolute Gasteiger partial charge is 0.412 e. The Labute approximate surface area is 276 Å². The topological polar surface area (TPSA) is 18.5 Å². The highest BCUT2D eigenvalue weighted by Crippen LogP contribution is 2.58. The lowest BCUT2D eigenvalue weighted by atomic mass is 9.62. The molecule has 0 heterocycles. The standard InChI is InChI=1S/C40H70O2Si2/c1-15-44(16-2,17-3)42-39(10,11)26-18-20-30(4)35-24-25-36-33(21-19-27-40(35,36)12)22-23-34-29-37(32(6)28-31(34)5)41-43(13,14)38(7,8)9/h21,30,35-37H,6,15-20,24-29H2,1-5,7-14H3/t30-,35+,36-,37+,40+/m0/s1. The molecule has 44 heavy (non-hydrogen) atoms. The van der Waals surface area contributed by atoms with Crippen LogP contribution >= 0.6 is 0 Å². The minimum atomic E-state index is -1.87.